The molecule has 2 N–H and O–H groups in total. The fourth-order valence-electron chi connectivity index (χ4n) is 2.37. The molecule has 1 saturated heterocycles. The van der Waals surface area contributed by atoms with Gasteiger partial charge in [-0.15, -0.1) is 0 Å². The van der Waals surface area contributed by atoms with E-state index >= 15 is 0 Å². The fraction of sp³-hybridized carbons (Fsp3) is 0.125. The fourth-order valence-corrected chi connectivity index (χ4v) is 2.37. The number of amides is 3. The second-order valence-electron chi connectivity index (χ2n) is 4.84. The van der Waals surface area contributed by atoms with Gasteiger partial charge in [0.25, 0.3) is 0 Å². The molecular weight excluding hydrogens is 266 g/mol. The molecule has 0 spiro atoms. The summed E-state index contributed by atoms with van der Waals surface area (Å²) in [5.74, 6) is -0.197. The van der Waals surface area contributed by atoms with E-state index < -0.39 is 0 Å². The lowest BCUT2D eigenvalue weighted by Gasteiger charge is -2.34. The molecule has 0 aliphatic carbocycles. The van der Waals surface area contributed by atoms with Gasteiger partial charge in [0.1, 0.15) is 0 Å². The Bertz CT molecular complexity index is 668. The Hall–Kier alpha value is -2.82. The first kappa shape index (κ1) is 13.2. The van der Waals surface area contributed by atoms with Crippen LogP contribution in [-0.4, -0.2) is 18.5 Å². The summed E-state index contributed by atoms with van der Waals surface area (Å²) in [4.78, 5) is 27.5. The van der Waals surface area contributed by atoms with Crippen LogP contribution in [0.2, 0.25) is 0 Å². The standard InChI is InChI=1S/C16H15N3O2/c17-12-6-8-14(9-7-12)19-15(20)10-11-18(16(19)21)13-4-2-1-3-5-13/h1-9H,10-11,17H2. The molecule has 1 aliphatic rings. The molecule has 1 aliphatic heterocycles. The van der Waals surface area contributed by atoms with Gasteiger partial charge in [-0.05, 0) is 36.4 Å². The number of carbonyl (C=O) groups excluding carboxylic acids is 2. The minimum absolute atomic E-state index is 0.197. The third-order valence-electron chi connectivity index (χ3n) is 3.44. The quantitative estimate of drug-likeness (QED) is 0.860. The predicted molar refractivity (Wildman–Crippen MR) is 82.1 cm³/mol. The highest BCUT2D eigenvalue weighted by Crippen LogP contribution is 2.25. The van der Waals surface area contributed by atoms with Crippen LogP contribution >= 0.6 is 0 Å². The van der Waals surface area contributed by atoms with Gasteiger partial charge in [-0.2, -0.15) is 0 Å². The van der Waals surface area contributed by atoms with E-state index in [-0.39, 0.29) is 11.9 Å². The Labute approximate surface area is 122 Å². The van der Waals surface area contributed by atoms with Gasteiger partial charge in [0.05, 0.1) is 5.69 Å². The van der Waals surface area contributed by atoms with Gasteiger partial charge in [-0.3, -0.25) is 9.69 Å². The van der Waals surface area contributed by atoms with Crippen molar-refractivity contribution in [2.45, 2.75) is 6.42 Å². The number of imide groups is 1. The van der Waals surface area contributed by atoms with Crippen molar-refractivity contribution in [3.8, 4) is 0 Å². The molecule has 21 heavy (non-hydrogen) atoms. The molecule has 1 fully saturated rings. The van der Waals surface area contributed by atoms with E-state index in [1.54, 1.807) is 29.2 Å². The highest BCUT2D eigenvalue weighted by atomic mass is 16.2. The monoisotopic (exact) mass is 281 g/mol. The first-order chi connectivity index (χ1) is 10.2. The summed E-state index contributed by atoms with van der Waals surface area (Å²) in [5.41, 5.74) is 7.57. The van der Waals surface area contributed by atoms with E-state index in [0.717, 1.165) is 5.69 Å². The van der Waals surface area contributed by atoms with Gasteiger partial charge >= 0.3 is 6.03 Å². The number of nitrogen functional groups attached to an aromatic ring is 1. The van der Waals surface area contributed by atoms with Crippen LogP contribution in [0.5, 0.6) is 0 Å². The lowest BCUT2D eigenvalue weighted by Crippen LogP contribution is -2.52. The van der Waals surface area contributed by atoms with Crippen molar-refractivity contribution >= 4 is 29.0 Å². The van der Waals surface area contributed by atoms with Gasteiger partial charge in [0.15, 0.2) is 0 Å². The maximum Gasteiger partial charge on any atom is 0.335 e. The number of urea groups is 1. The van der Waals surface area contributed by atoms with Crippen molar-refractivity contribution in [1.82, 2.24) is 0 Å². The molecule has 0 bridgehead atoms. The van der Waals surface area contributed by atoms with E-state index in [0.29, 0.717) is 24.3 Å². The summed E-state index contributed by atoms with van der Waals surface area (Å²) in [5, 5.41) is 0. The largest absolute Gasteiger partial charge is 0.399 e. The average molecular weight is 281 g/mol. The zero-order chi connectivity index (χ0) is 14.8. The highest BCUT2D eigenvalue weighted by molar-refractivity contribution is 6.21. The van der Waals surface area contributed by atoms with Crippen LogP contribution in [0, 0.1) is 0 Å². The maximum atomic E-state index is 12.6. The summed E-state index contributed by atoms with van der Waals surface area (Å²) in [6.07, 6.45) is 0.297. The Morgan fingerprint density at radius 3 is 2.19 bits per heavy atom. The zero-order valence-electron chi connectivity index (χ0n) is 11.4. The van der Waals surface area contributed by atoms with E-state index in [1.165, 1.54) is 4.90 Å². The predicted octanol–water partition coefficient (Wildman–Crippen LogP) is 2.63. The van der Waals surface area contributed by atoms with E-state index in [4.69, 9.17) is 5.73 Å². The van der Waals surface area contributed by atoms with Gasteiger partial charge in [-0.1, -0.05) is 18.2 Å². The van der Waals surface area contributed by atoms with Crippen molar-refractivity contribution in [1.29, 1.82) is 0 Å². The Morgan fingerprint density at radius 2 is 1.52 bits per heavy atom. The number of anilines is 3. The van der Waals surface area contributed by atoms with Crippen molar-refractivity contribution in [2.75, 3.05) is 22.1 Å². The van der Waals surface area contributed by atoms with E-state index in [1.807, 2.05) is 30.3 Å². The van der Waals surface area contributed by atoms with E-state index in [2.05, 4.69) is 0 Å². The van der Waals surface area contributed by atoms with Crippen molar-refractivity contribution in [3.63, 3.8) is 0 Å². The molecule has 2 aromatic carbocycles. The van der Waals surface area contributed by atoms with Crippen LogP contribution in [-0.2, 0) is 4.79 Å². The summed E-state index contributed by atoms with van der Waals surface area (Å²) in [7, 11) is 0. The molecule has 1 heterocycles. The Balaban J connectivity index is 1.94. The number of hydrogen-bond donors (Lipinski definition) is 1. The number of carbonyl (C=O) groups is 2. The van der Waals surface area contributed by atoms with Gasteiger partial charge in [0, 0.05) is 24.3 Å². The summed E-state index contributed by atoms with van der Waals surface area (Å²) >= 11 is 0. The van der Waals surface area contributed by atoms with Crippen LogP contribution in [0.4, 0.5) is 21.9 Å². The second kappa shape index (κ2) is 5.28. The van der Waals surface area contributed by atoms with Crippen molar-refractivity contribution in [2.24, 2.45) is 0 Å². The summed E-state index contributed by atoms with van der Waals surface area (Å²) in [6, 6.07) is 15.7. The number of para-hydroxylation sites is 1. The number of rotatable bonds is 2. The Kier molecular flexibility index (Phi) is 3.31. The molecular formula is C16H15N3O2. The van der Waals surface area contributed by atoms with Crippen LogP contribution in [0.3, 0.4) is 0 Å². The molecule has 2 aromatic rings. The molecule has 0 atom stereocenters. The van der Waals surface area contributed by atoms with E-state index in [9.17, 15) is 9.59 Å². The summed E-state index contributed by atoms with van der Waals surface area (Å²) < 4.78 is 0. The van der Waals surface area contributed by atoms with Crippen LogP contribution in [0.15, 0.2) is 54.6 Å². The smallest absolute Gasteiger partial charge is 0.335 e. The average Bonchev–Trinajstić information content (AvgIpc) is 2.50. The van der Waals surface area contributed by atoms with Crippen LogP contribution in [0.25, 0.3) is 0 Å². The first-order valence-electron chi connectivity index (χ1n) is 6.72. The van der Waals surface area contributed by atoms with Crippen molar-refractivity contribution < 1.29 is 9.59 Å². The number of nitrogens with two attached hydrogens (primary N) is 1. The lowest BCUT2D eigenvalue weighted by molar-refractivity contribution is -0.118. The van der Waals surface area contributed by atoms with Crippen molar-refractivity contribution in [3.05, 3.63) is 54.6 Å². The SMILES string of the molecule is Nc1ccc(N2C(=O)CCN(c3ccccc3)C2=O)cc1. The summed E-state index contributed by atoms with van der Waals surface area (Å²) in [6.45, 7) is 0.396. The molecule has 3 amide bonds. The van der Waals surface area contributed by atoms with Crippen LogP contribution in [0.1, 0.15) is 6.42 Å². The molecule has 0 aromatic heterocycles. The third-order valence-corrected chi connectivity index (χ3v) is 3.44. The second-order valence-corrected chi connectivity index (χ2v) is 4.84. The maximum absolute atomic E-state index is 12.6. The third kappa shape index (κ3) is 2.45. The molecule has 0 saturated carbocycles. The first-order valence-corrected chi connectivity index (χ1v) is 6.72. The minimum Gasteiger partial charge on any atom is -0.399 e. The zero-order valence-corrected chi connectivity index (χ0v) is 11.4. The number of hydrogen-bond acceptors (Lipinski definition) is 3. The van der Waals surface area contributed by atoms with Gasteiger partial charge in [-0.25, -0.2) is 9.69 Å². The number of benzene rings is 2. The molecule has 3 rings (SSSR count). The van der Waals surface area contributed by atoms with Gasteiger partial charge in [0.2, 0.25) is 5.91 Å². The number of nitrogens with zero attached hydrogens (tertiary/aromatic N) is 2. The Morgan fingerprint density at radius 1 is 0.857 bits per heavy atom. The molecule has 106 valence electrons. The highest BCUT2D eigenvalue weighted by Gasteiger charge is 2.33. The normalized spacial score (nSPS) is 15.4. The molecule has 0 radical (unpaired) electrons. The minimum atomic E-state index is -0.331. The molecule has 5 nitrogen and oxygen atoms in total. The van der Waals surface area contributed by atoms with Crippen LogP contribution < -0.4 is 15.5 Å². The lowest BCUT2D eigenvalue weighted by atomic mass is 10.2. The molecule has 0 unspecified atom stereocenters. The molecule has 5 heteroatoms. The van der Waals surface area contributed by atoms with Gasteiger partial charge < -0.3 is 5.73 Å². The topological polar surface area (TPSA) is 66.6 Å².